The lowest BCUT2D eigenvalue weighted by Gasteiger charge is -2.19. The first-order valence-electron chi connectivity index (χ1n) is 6.31. The molecule has 0 atom stereocenters. The van der Waals surface area contributed by atoms with Crippen LogP contribution < -0.4 is 5.32 Å². The standard InChI is InChI=1S/C15H15ClF3NO2/c1-14(2,3)22-13(21)20-8-4-5-10-6-7-11(16)9-12(10)15(17,18)19/h6-7,9H,8H2,1-3H3,(H,20,21). The molecule has 1 aromatic carbocycles. The molecule has 0 aromatic heterocycles. The number of carbonyl (C=O) groups excluding carboxylic acids is 1. The van der Waals surface area contributed by atoms with Crippen LogP contribution in [0, 0.1) is 11.8 Å². The number of amides is 1. The Morgan fingerprint density at radius 2 is 1.95 bits per heavy atom. The van der Waals surface area contributed by atoms with E-state index in [1.54, 1.807) is 20.8 Å². The van der Waals surface area contributed by atoms with Crippen molar-refractivity contribution in [1.82, 2.24) is 5.32 Å². The summed E-state index contributed by atoms with van der Waals surface area (Å²) in [4.78, 5) is 11.3. The van der Waals surface area contributed by atoms with E-state index >= 15 is 0 Å². The molecule has 0 heterocycles. The van der Waals surface area contributed by atoms with E-state index in [-0.39, 0.29) is 17.1 Å². The second kappa shape index (κ2) is 6.93. The van der Waals surface area contributed by atoms with Crippen LogP contribution in [0.5, 0.6) is 0 Å². The molecule has 0 saturated heterocycles. The van der Waals surface area contributed by atoms with Gasteiger partial charge in [-0.05, 0) is 39.0 Å². The SMILES string of the molecule is CC(C)(C)OC(=O)NCC#Cc1ccc(Cl)cc1C(F)(F)F. The third-order valence-corrected chi connectivity index (χ3v) is 2.47. The normalized spacial score (nSPS) is 11.4. The predicted octanol–water partition coefficient (Wildman–Crippen LogP) is 4.24. The molecule has 0 radical (unpaired) electrons. The molecule has 7 heteroatoms. The molecule has 0 spiro atoms. The predicted molar refractivity (Wildman–Crippen MR) is 77.6 cm³/mol. The van der Waals surface area contributed by atoms with Crippen molar-refractivity contribution >= 4 is 17.7 Å². The lowest BCUT2D eigenvalue weighted by atomic mass is 10.1. The molecule has 0 fully saturated rings. The topological polar surface area (TPSA) is 38.3 Å². The molecule has 3 nitrogen and oxygen atoms in total. The molecule has 1 amide bonds. The maximum atomic E-state index is 12.8. The summed E-state index contributed by atoms with van der Waals surface area (Å²) in [6.07, 6.45) is -5.23. The molecule has 1 aromatic rings. The van der Waals surface area contributed by atoms with Crippen LogP contribution >= 0.6 is 11.6 Å². The number of halogens is 4. The Hall–Kier alpha value is -1.87. The van der Waals surface area contributed by atoms with Crippen molar-refractivity contribution in [3.05, 3.63) is 34.3 Å². The van der Waals surface area contributed by atoms with Gasteiger partial charge in [0, 0.05) is 10.6 Å². The fraction of sp³-hybridized carbons (Fsp3) is 0.400. The van der Waals surface area contributed by atoms with Crippen LogP contribution in [0.3, 0.4) is 0 Å². The van der Waals surface area contributed by atoms with Gasteiger partial charge in [-0.25, -0.2) is 4.79 Å². The maximum Gasteiger partial charge on any atom is 0.417 e. The Morgan fingerprint density at radius 1 is 1.32 bits per heavy atom. The number of benzene rings is 1. The molecule has 0 aliphatic heterocycles. The molecule has 0 aliphatic carbocycles. The first-order valence-corrected chi connectivity index (χ1v) is 6.69. The minimum atomic E-state index is -4.55. The van der Waals surface area contributed by atoms with Gasteiger partial charge in [0.2, 0.25) is 0 Å². The molecular weight excluding hydrogens is 319 g/mol. The van der Waals surface area contributed by atoms with Crippen LogP contribution in [0.15, 0.2) is 18.2 Å². The summed E-state index contributed by atoms with van der Waals surface area (Å²) < 4.78 is 43.5. The zero-order valence-corrected chi connectivity index (χ0v) is 13.0. The Labute approximate surface area is 131 Å². The van der Waals surface area contributed by atoms with E-state index < -0.39 is 23.4 Å². The van der Waals surface area contributed by atoms with E-state index in [0.717, 1.165) is 6.07 Å². The van der Waals surface area contributed by atoms with Gasteiger partial charge in [0.1, 0.15) is 5.60 Å². The van der Waals surface area contributed by atoms with Crippen molar-refractivity contribution in [3.8, 4) is 11.8 Å². The van der Waals surface area contributed by atoms with E-state index in [2.05, 4.69) is 17.2 Å². The Bertz CT molecular complexity index is 610. The first kappa shape index (κ1) is 18.2. The number of alkyl carbamates (subject to hydrolysis) is 1. The lowest BCUT2D eigenvalue weighted by Crippen LogP contribution is -2.32. The van der Waals surface area contributed by atoms with E-state index in [1.807, 2.05) is 0 Å². The summed E-state index contributed by atoms with van der Waals surface area (Å²) in [5, 5.41) is 2.31. The van der Waals surface area contributed by atoms with Crippen LogP contribution in [0.2, 0.25) is 5.02 Å². The van der Waals surface area contributed by atoms with Gasteiger partial charge >= 0.3 is 12.3 Å². The second-order valence-corrected chi connectivity index (χ2v) is 5.78. The van der Waals surface area contributed by atoms with Gasteiger partial charge in [-0.3, -0.25) is 0 Å². The minimum absolute atomic E-state index is 0.0234. The number of hydrogen-bond donors (Lipinski definition) is 1. The van der Waals surface area contributed by atoms with Crippen LogP contribution in [0.25, 0.3) is 0 Å². The van der Waals surface area contributed by atoms with Crippen LogP contribution in [0.1, 0.15) is 31.9 Å². The van der Waals surface area contributed by atoms with Gasteiger partial charge < -0.3 is 10.1 Å². The molecule has 0 bridgehead atoms. The van der Waals surface area contributed by atoms with Gasteiger partial charge in [0.05, 0.1) is 12.1 Å². The molecule has 0 unspecified atom stereocenters. The lowest BCUT2D eigenvalue weighted by molar-refractivity contribution is -0.137. The Morgan fingerprint density at radius 3 is 2.50 bits per heavy atom. The Kier molecular flexibility index (Phi) is 5.72. The molecule has 0 aliphatic rings. The van der Waals surface area contributed by atoms with Crippen molar-refractivity contribution in [2.45, 2.75) is 32.5 Å². The maximum absolute atomic E-state index is 12.8. The van der Waals surface area contributed by atoms with Gasteiger partial charge in [-0.1, -0.05) is 23.4 Å². The summed E-state index contributed by atoms with van der Waals surface area (Å²) in [7, 11) is 0. The molecular formula is C15H15ClF3NO2. The number of nitrogens with one attached hydrogen (secondary N) is 1. The number of alkyl halides is 3. The monoisotopic (exact) mass is 333 g/mol. The largest absolute Gasteiger partial charge is 0.444 e. The van der Waals surface area contributed by atoms with Gasteiger partial charge in [-0.15, -0.1) is 0 Å². The highest BCUT2D eigenvalue weighted by Gasteiger charge is 2.33. The molecule has 0 saturated carbocycles. The number of carbonyl (C=O) groups is 1. The van der Waals surface area contributed by atoms with E-state index in [0.29, 0.717) is 0 Å². The quantitative estimate of drug-likeness (QED) is 0.781. The minimum Gasteiger partial charge on any atom is -0.444 e. The van der Waals surface area contributed by atoms with Gasteiger partial charge in [0.15, 0.2) is 0 Å². The van der Waals surface area contributed by atoms with Gasteiger partial charge in [0.25, 0.3) is 0 Å². The zero-order chi connectivity index (χ0) is 17.0. The van der Waals surface area contributed by atoms with E-state index in [1.165, 1.54) is 12.1 Å². The number of ether oxygens (including phenoxy) is 1. The summed E-state index contributed by atoms with van der Waals surface area (Å²) in [6.45, 7) is 4.96. The zero-order valence-electron chi connectivity index (χ0n) is 12.3. The van der Waals surface area contributed by atoms with Crippen LogP contribution in [0.4, 0.5) is 18.0 Å². The van der Waals surface area contributed by atoms with E-state index in [4.69, 9.17) is 16.3 Å². The first-order chi connectivity index (χ1) is 9.99. The summed E-state index contributed by atoms with van der Waals surface area (Å²) in [5.41, 5.74) is -1.77. The number of rotatable bonds is 1. The van der Waals surface area contributed by atoms with Crippen LogP contribution in [-0.4, -0.2) is 18.2 Å². The smallest absolute Gasteiger partial charge is 0.417 e. The van der Waals surface area contributed by atoms with Crippen molar-refractivity contribution in [2.24, 2.45) is 0 Å². The fourth-order valence-corrected chi connectivity index (χ4v) is 1.60. The second-order valence-electron chi connectivity index (χ2n) is 5.34. The highest BCUT2D eigenvalue weighted by atomic mass is 35.5. The van der Waals surface area contributed by atoms with Crippen molar-refractivity contribution in [3.63, 3.8) is 0 Å². The summed E-state index contributed by atoms with van der Waals surface area (Å²) in [6, 6.07) is 3.32. The molecule has 22 heavy (non-hydrogen) atoms. The average Bonchev–Trinajstić information content (AvgIpc) is 2.32. The number of hydrogen-bond acceptors (Lipinski definition) is 2. The van der Waals surface area contributed by atoms with Crippen molar-refractivity contribution in [1.29, 1.82) is 0 Å². The average molecular weight is 334 g/mol. The van der Waals surface area contributed by atoms with Crippen molar-refractivity contribution < 1.29 is 22.7 Å². The highest BCUT2D eigenvalue weighted by molar-refractivity contribution is 6.30. The molecule has 120 valence electrons. The summed E-state index contributed by atoms with van der Waals surface area (Å²) >= 11 is 5.57. The molecule has 1 rings (SSSR count). The summed E-state index contributed by atoms with van der Waals surface area (Å²) in [5.74, 6) is 4.81. The third-order valence-electron chi connectivity index (χ3n) is 2.23. The Balaban J connectivity index is 2.76. The van der Waals surface area contributed by atoms with Gasteiger partial charge in [-0.2, -0.15) is 13.2 Å². The fourth-order valence-electron chi connectivity index (χ4n) is 1.43. The molecule has 1 N–H and O–H groups in total. The van der Waals surface area contributed by atoms with Crippen LogP contribution in [-0.2, 0) is 10.9 Å². The third kappa shape index (κ3) is 6.27. The van der Waals surface area contributed by atoms with Crippen molar-refractivity contribution in [2.75, 3.05) is 6.54 Å². The highest BCUT2D eigenvalue weighted by Crippen LogP contribution is 2.33. The van der Waals surface area contributed by atoms with E-state index in [9.17, 15) is 18.0 Å².